The minimum absolute atomic E-state index is 0.859. The van der Waals surface area contributed by atoms with Gasteiger partial charge >= 0.3 is 0 Å². The monoisotopic (exact) mass is 180 g/mol. The van der Waals surface area contributed by atoms with E-state index in [-0.39, 0.29) is 0 Å². The predicted molar refractivity (Wildman–Crippen MR) is 52.0 cm³/mol. The average Bonchev–Trinajstić information content (AvgIpc) is 2.46. The molecule has 0 saturated carbocycles. The van der Waals surface area contributed by atoms with Gasteiger partial charge in [0.25, 0.3) is 0 Å². The largest absolute Gasteiger partial charge is 0.329 e. The molecule has 12 heavy (non-hydrogen) atoms. The van der Waals surface area contributed by atoms with Gasteiger partial charge in [0, 0.05) is 31.6 Å². The topological polar surface area (TPSA) is 17.8 Å². The molecule has 0 saturated heterocycles. The number of nitrogens with zero attached hydrogens (tertiary/aromatic N) is 2. The second kappa shape index (κ2) is 4.89. The van der Waals surface area contributed by atoms with Crippen LogP contribution >= 0.6 is 11.8 Å². The standard InChI is InChI=1S/C9H12N2S/c1-3-4-5-8-12-9-10-6-7-11(9)2/h1,6-7H,4-5,8H2,2H3. The summed E-state index contributed by atoms with van der Waals surface area (Å²) < 4.78 is 2.01. The van der Waals surface area contributed by atoms with Gasteiger partial charge in [-0.3, -0.25) is 0 Å². The maximum atomic E-state index is 5.14. The van der Waals surface area contributed by atoms with Crippen LogP contribution in [0.25, 0.3) is 0 Å². The summed E-state index contributed by atoms with van der Waals surface area (Å²) in [6, 6.07) is 0. The molecular weight excluding hydrogens is 168 g/mol. The second-order valence-corrected chi connectivity index (χ2v) is 3.54. The van der Waals surface area contributed by atoms with Crippen molar-refractivity contribution >= 4 is 11.8 Å². The molecular formula is C9H12N2S. The van der Waals surface area contributed by atoms with Gasteiger partial charge in [0.2, 0.25) is 0 Å². The molecule has 1 rings (SSSR count). The van der Waals surface area contributed by atoms with Gasteiger partial charge in [0.15, 0.2) is 5.16 Å². The number of aryl methyl sites for hydroxylation is 1. The van der Waals surface area contributed by atoms with Crippen molar-refractivity contribution in [3.63, 3.8) is 0 Å². The van der Waals surface area contributed by atoms with Crippen LogP contribution in [0.5, 0.6) is 0 Å². The molecule has 1 heterocycles. The van der Waals surface area contributed by atoms with Crippen molar-refractivity contribution < 1.29 is 0 Å². The van der Waals surface area contributed by atoms with Crippen molar-refractivity contribution in [2.24, 2.45) is 7.05 Å². The number of imidazole rings is 1. The Hall–Kier alpha value is -0.880. The van der Waals surface area contributed by atoms with Crippen molar-refractivity contribution in [3.8, 4) is 12.3 Å². The highest BCUT2D eigenvalue weighted by molar-refractivity contribution is 7.99. The summed E-state index contributed by atoms with van der Waals surface area (Å²) in [7, 11) is 2.00. The Kier molecular flexibility index (Phi) is 3.75. The summed E-state index contributed by atoms with van der Waals surface area (Å²) in [5, 5.41) is 1.06. The molecule has 1 aromatic heterocycles. The summed E-state index contributed by atoms with van der Waals surface area (Å²) in [4.78, 5) is 4.19. The first-order chi connectivity index (χ1) is 5.84. The van der Waals surface area contributed by atoms with Crippen LogP contribution in [-0.2, 0) is 7.05 Å². The lowest BCUT2D eigenvalue weighted by Gasteiger charge is -1.98. The van der Waals surface area contributed by atoms with Crippen molar-refractivity contribution in [1.29, 1.82) is 0 Å². The summed E-state index contributed by atoms with van der Waals surface area (Å²) in [5.74, 6) is 3.67. The smallest absolute Gasteiger partial charge is 0.167 e. The van der Waals surface area contributed by atoms with E-state index in [4.69, 9.17) is 6.42 Å². The molecule has 0 spiro atoms. The van der Waals surface area contributed by atoms with Crippen molar-refractivity contribution in [2.75, 3.05) is 5.75 Å². The molecule has 0 aliphatic carbocycles. The number of rotatable bonds is 4. The average molecular weight is 180 g/mol. The lowest BCUT2D eigenvalue weighted by atomic mass is 10.4. The van der Waals surface area contributed by atoms with Crippen LogP contribution in [0, 0.1) is 12.3 Å². The minimum Gasteiger partial charge on any atom is -0.329 e. The minimum atomic E-state index is 0.859. The molecule has 0 atom stereocenters. The molecule has 0 aliphatic heterocycles. The first-order valence-electron chi connectivity index (χ1n) is 3.88. The lowest BCUT2D eigenvalue weighted by molar-refractivity contribution is 0.788. The Balaban J connectivity index is 2.25. The predicted octanol–water partition coefficient (Wildman–Crippen LogP) is 1.93. The van der Waals surface area contributed by atoms with Crippen LogP contribution in [0.2, 0.25) is 0 Å². The molecule has 0 fully saturated rings. The van der Waals surface area contributed by atoms with Gasteiger partial charge < -0.3 is 4.57 Å². The molecule has 3 heteroatoms. The van der Waals surface area contributed by atoms with Gasteiger partial charge in [-0.05, 0) is 6.42 Å². The van der Waals surface area contributed by atoms with E-state index in [1.54, 1.807) is 11.8 Å². The third-order valence-electron chi connectivity index (χ3n) is 1.47. The van der Waals surface area contributed by atoms with Crippen LogP contribution < -0.4 is 0 Å². The highest BCUT2D eigenvalue weighted by atomic mass is 32.2. The first kappa shape index (κ1) is 9.21. The fourth-order valence-electron chi connectivity index (χ4n) is 0.829. The summed E-state index contributed by atoms with van der Waals surface area (Å²) in [6.45, 7) is 0. The van der Waals surface area contributed by atoms with Crippen LogP contribution in [-0.4, -0.2) is 15.3 Å². The maximum absolute atomic E-state index is 5.14. The van der Waals surface area contributed by atoms with Crippen molar-refractivity contribution in [2.45, 2.75) is 18.0 Å². The second-order valence-electron chi connectivity index (χ2n) is 2.48. The first-order valence-corrected chi connectivity index (χ1v) is 4.86. The molecule has 1 aromatic rings. The molecule has 64 valence electrons. The zero-order chi connectivity index (χ0) is 8.81. The van der Waals surface area contributed by atoms with E-state index < -0.39 is 0 Å². The van der Waals surface area contributed by atoms with E-state index in [1.807, 2.05) is 24.0 Å². The Bertz CT molecular complexity index is 272. The summed E-state index contributed by atoms with van der Waals surface area (Å²) >= 11 is 1.75. The normalized spacial score (nSPS) is 9.67. The van der Waals surface area contributed by atoms with E-state index in [2.05, 4.69) is 10.9 Å². The molecule has 0 unspecified atom stereocenters. The molecule has 2 nitrogen and oxygen atoms in total. The van der Waals surface area contributed by atoms with Crippen LogP contribution in [0.1, 0.15) is 12.8 Å². The summed E-state index contributed by atoms with van der Waals surface area (Å²) in [6.07, 6.45) is 10.8. The van der Waals surface area contributed by atoms with Crippen LogP contribution in [0.15, 0.2) is 17.6 Å². The Morgan fingerprint density at radius 2 is 2.58 bits per heavy atom. The van der Waals surface area contributed by atoms with E-state index in [0.717, 1.165) is 23.8 Å². The highest BCUT2D eigenvalue weighted by Crippen LogP contribution is 2.15. The fourth-order valence-corrected chi connectivity index (χ4v) is 1.70. The number of hydrogen-bond donors (Lipinski definition) is 0. The number of thioether (sulfide) groups is 1. The molecule has 0 aliphatic rings. The number of aromatic nitrogens is 2. The maximum Gasteiger partial charge on any atom is 0.167 e. The van der Waals surface area contributed by atoms with Crippen molar-refractivity contribution in [3.05, 3.63) is 12.4 Å². The number of unbranched alkanes of at least 4 members (excludes halogenated alkanes) is 1. The third-order valence-corrected chi connectivity index (χ3v) is 2.62. The molecule has 0 amide bonds. The SMILES string of the molecule is C#CCCCSc1nccn1C. The number of hydrogen-bond acceptors (Lipinski definition) is 2. The van der Waals surface area contributed by atoms with Crippen LogP contribution in [0.4, 0.5) is 0 Å². The van der Waals surface area contributed by atoms with Gasteiger partial charge in [-0.15, -0.1) is 12.3 Å². The van der Waals surface area contributed by atoms with Gasteiger partial charge in [0.05, 0.1) is 0 Å². The highest BCUT2D eigenvalue weighted by Gasteiger charge is 1.97. The Morgan fingerprint density at radius 3 is 3.17 bits per heavy atom. The lowest BCUT2D eigenvalue weighted by Crippen LogP contribution is -1.89. The molecule has 0 aromatic carbocycles. The molecule has 0 radical (unpaired) electrons. The van der Waals surface area contributed by atoms with E-state index in [0.29, 0.717) is 0 Å². The molecule has 0 bridgehead atoms. The fraction of sp³-hybridized carbons (Fsp3) is 0.444. The van der Waals surface area contributed by atoms with Gasteiger partial charge in [0.1, 0.15) is 0 Å². The molecule has 0 N–H and O–H groups in total. The van der Waals surface area contributed by atoms with Gasteiger partial charge in [-0.25, -0.2) is 4.98 Å². The van der Waals surface area contributed by atoms with Gasteiger partial charge in [-0.2, -0.15) is 0 Å². The zero-order valence-corrected chi connectivity index (χ0v) is 7.97. The van der Waals surface area contributed by atoms with E-state index in [1.165, 1.54) is 0 Å². The van der Waals surface area contributed by atoms with Crippen LogP contribution in [0.3, 0.4) is 0 Å². The number of terminal acetylenes is 1. The zero-order valence-electron chi connectivity index (χ0n) is 7.16. The third kappa shape index (κ3) is 2.63. The quantitative estimate of drug-likeness (QED) is 0.400. The summed E-state index contributed by atoms with van der Waals surface area (Å²) in [5.41, 5.74) is 0. The van der Waals surface area contributed by atoms with E-state index in [9.17, 15) is 0 Å². The van der Waals surface area contributed by atoms with Crippen molar-refractivity contribution in [1.82, 2.24) is 9.55 Å². The van der Waals surface area contributed by atoms with Gasteiger partial charge in [-0.1, -0.05) is 11.8 Å². The Labute approximate surface area is 77.4 Å². The Morgan fingerprint density at radius 1 is 1.75 bits per heavy atom. The van der Waals surface area contributed by atoms with E-state index >= 15 is 0 Å².